The highest BCUT2D eigenvalue weighted by atomic mass is 19.3. The molecular weight excluding hydrogens is 284 g/mol. The number of carbonyl (C=O) groups excluding carboxylic acids is 2. The fraction of sp³-hybridized carbons (Fsp3) is 0.846. The average Bonchev–Trinajstić information content (AvgIpc) is 2.45. The van der Waals surface area contributed by atoms with Gasteiger partial charge in [-0.25, -0.2) is 13.6 Å². The number of nitrogens with zero attached hydrogens (tertiary/aromatic N) is 3. The second-order valence-electron chi connectivity index (χ2n) is 5.34. The summed E-state index contributed by atoms with van der Waals surface area (Å²) in [6.45, 7) is -0.198. The predicted molar refractivity (Wildman–Crippen MR) is 73.0 cm³/mol. The van der Waals surface area contributed by atoms with Gasteiger partial charge < -0.3 is 19.8 Å². The minimum Gasteiger partial charge on any atom is -0.395 e. The molecule has 1 N–H and O–H groups in total. The Morgan fingerprint density at radius 1 is 1.29 bits per heavy atom. The van der Waals surface area contributed by atoms with Crippen LogP contribution in [0.5, 0.6) is 0 Å². The highest BCUT2D eigenvalue weighted by molar-refractivity contribution is 5.79. The van der Waals surface area contributed by atoms with Gasteiger partial charge >= 0.3 is 6.03 Å². The number of aliphatic hydroxyl groups excluding tert-OH is 1. The first kappa shape index (κ1) is 17.6. The average molecular weight is 307 g/mol. The van der Waals surface area contributed by atoms with Crippen molar-refractivity contribution in [3.8, 4) is 0 Å². The van der Waals surface area contributed by atoms with Crippen LogP contribution in [0.4, 0.5) is 13.6 Å². The molecule has 0 aromatic rings. The molecule has 0 aliphatic carbocycles. The van der Waals surface area contributed by atoms with Crippen molar-refractivity contribution >= 4 is 11.9 Å². The smallest absolute Gasteiger partial charge is 0.319 e. The summed E-state index contributed by atoms with van der Waals surface area (Å²) >= 11 is 0. The quantitative estimate of drug-likeness (QED) is 0.803. The summed E-state index contributed by atoms with van der Waals surface area (Å²) in [4.78, 5) is 28.1. The van der Waals surface area contributed by atoms with Gasteiger partial charge in [0.15, 0.2) is 0 Å². The standard InChI is InChI=1S/C13H23F2N3O3/c1-16(2)13(21)17-5-3-10(4-6-17)12(20)18(7-8-19)9-11(14)15/h10-11,19H,3-9H2,1-2H3. The number of piperidine rings is 1. The van der Waals surface area contributed by atoms with Gasteiger partial charge in [0.1, 0.15) is 0 Å². The molecular formula is C13H23F2N3O3. The van der Waals surface area contributed by atoms with E-state index in [0.29, 0.717) is 25.9 Å². The molecule has 0 aromatic heterocycles. The molecule has 1 aliphatic heterocycles. The van der Waals surface area contributed by atoms with Gasteiger partial charge in [0.05, 0.1) is 13.2 Å². The van der Waals surface area contributed by atoms with Crippen LogP contribution in [0.25, 0.3) is 0 Å². The van der Waals surface area contributed by atoms with Crippen molar-refractivity contribution in [2.75, 3.05) is 46.9 Å². The van der Waals surface area contributed by atoms with Gasteiger partial charge in [-0.1, -0.05) is 0 Å². The van der Waals surface area contributed by atoms with Crippen LogP contribution >= 0.6 is 0 Å². The molecule has 0 aromatic carbocycles. The van der Waals surface area contributed by atoms with Crippen LogP contribution in [0, 0.1) is 5.92 Å². The Balaban J connectivity index is 2.55. The fourth-order valence-corrected chi connectivity index (χ4v) is 2.44. The SMILES string of the molecule is CN(C)C(=O)N1CCC(C(=O)N(CCO)CC(F)F)CC1. The van der Waals surface area contributed by atoms with Gasteiger partial charge in [-0.3, -0.25) is 4.79 Å². The topological polar surface area (TPSA) is 64.1 Å². The number of alkyl halides is 2. The molecule has 0 atom stereocenters. The number of aliphatic hydroxyl groups is 1. The van der Waals surface area contributed by atoms with E-state index < -0.39 is 13.0 Å². The maximum atomic E-state index is 12.5. The molecule has 122 valence electrons. The Morgan fingerprint density at radius 2 is 1.86 bits per heavy atom. The Hall–Kier alpha value is -1.44. The van der Waals surface area contributed by atoms with E-state index in [1.165, 1.54) is 4.90 Å². The van der Waals surface area contributed by atoms with Crippen molar-refractivity contribution < 1.29 is 23.5 Å². The lowest BCUT2D eigenvalue weighted by molar-refractivity contribution is -0.139. The summed E-state index contributed by atoms with van der Waals surface area (Å²) in [5.74, 6) is -0.720. The van der Waals surface area contributed by atoms with Crippen LogP contribution < -0.4 is 0 Å². The van der Waals surface area contributed by atoms with Crippen molar-refractivity contribution in [1.82, 2.24) is 14.7 Å². The predicted octanol–water partition coefficient (Wildman–Crippen LogP) is 0.466. The van der Waals surface area contributed by atoms with Crippen LogP contribution in [0.1, 0.15) is 12.8 Å². The summed E-state index contributed by atoms with van der Waals surface area (Å²) in [7, 11) is 3.32. The summed E-state index contributed by atoms with van der Waals surface area (Å²) in [5.41, 5.74) is 0. The number of amides is 3. The molecule has 1 rings (SSSR count). The summed E-state index contributed by atoms with van der Waals surface area (Å²) < 4.78 is 24.9. The number of halogens is 2. The minimum absolute atomic E-state index is 0.0833. The van der Waals surface area contributed by atoms with Gasteiger partial charge in [-0.15, -0.1) is 0 Å². The van der Waals surface area contributed by atoms with Gasteiger partial charge in [-0.2, -0.15) is 0 Å². The van der Waals surface area contributed by atoms with Crippen LogP contribution in [0.15, 0.2) is 0 Å². The summed E-state index contributed by atoms with van der Waals surface area (Å²) in [6.07, 6.45) is -1.69. The Morgan fingerprint density at radius 3 is 2.29 bits per heavy atom. The lowest BCUT2D eigenvalue weighted by atomic mass is 9.95. The normalized spacial score (nSPS) is 16.2. The van der Waals surface area contributed by atoms with E-state index in [1.54, 1.807) is 19.0 Å². The molecule has 6 nitrogen and oxygen atoms in total. The van der Waals surface area contributed by atoms with E-state index in [4.69, 9.17) is 5.11 Å². The first-order valence-corrected chi connectivity index (χ1v) is 7.00. The molecule has 8 heteroatoms. The number of carbonyl (C=O) groups is 2. The van der Waals surface area contributed by atoms with Gasteiger partial charge in [0, 0.05) is 39.6 Å². The van der Waals surface area contributed by atoms with Crippen LogP contribution in [-0.4, -0.2) is 85.1 Å². The fourth-order valence-electron chi connectivity index (χ4n) is 2.44. The third-order valence-electron chi connectivity index (χ3n) is 3.54. The monoisotopic (exact) mass is 307 g/mol. The van der Waals surface area contributed by atoms with Gasteiger partial charge in [-0.05, 0) is 12.8 Å². The Bertz CT molecular complexity index is 359. The van der Waals surface area contributed by atoms with E-state index in [1.807, 2.05) is 0 Å². The van der Waals surface area contributed by atoms with Crippen LogP contribution in [-0.2, 0) is 4.79 Å². The van der Waals surface area contributed by atoms with E-state index in [0.717, 1.165) is 4.90 Å². The molecule has 1 saturated heterocycles. The van der Waals surface area contributed by atoms with Gasteiger partial charge in [0.2, 0.25) is 5.91 Å². The maximum Gasteiger partial charge on any atom is 0.319 e. The van der Waals surface area contributed by atoms with E-state index in [9.17, 15) is 18.4 Å². The number of hydrogen-bond donors (Lipinski definition) is 1. The largest absolute Gasteiger partial charge is 0.395 e. The Labute approximate surface area is 123 Å². The lowest BCUT2D eigenvalue weighted by Crippen LogP contribution is -2.48. The number of likely N-dealkylation sites (tertiary alicyclic amines) is 1. The molecule has 21 heavy (non-hydrogen) atoms. The van der Waals surface area contributed by atoms with Crippen molar-refractivity contribution in [3.05, 3.63) is 0 Å². The number of rotatable bonds is 5. The lowest BCUT2D eigenvalue weighted by Gasteiger charge is -2.35. The number of urea groups is 1. The third-order valence-corrected chi connectivity index (χ3v) is 3.54. The molecule has 1 heterocycles. The zero-order valence-corrected chi connectivity index (χ0v) is 12.5. The number of hydrogen-bond acceptors (Lipinski definition) is 3. The Kier molecular flexibility index (Phi) is 6.80. The first-order valence-electron chi connectivity index (χ1n) is 7.00. The van der Waals surface area contributed by atoms with Crippen LogP contribution in [0.3, 0.4) is 0 Å². The molecule has 3 amide bonds. The highest BCUT2D eigenvalue weighted by Crippen LogP contribution is 2.20. The molecule has 0 spiro atoms. The molecule has 0 unspecified atom stereocenters. The van der Waals surface area contributed by atoms with Crippen LogP contribution in [0.2, 0.25) is 0 Å². The first-order chi connectivity index (χ1) is 9.86. The highest BCUT2D eigenvalue weighted by Gasteiger charge is 2.31. The molecule has 0 radical (unpaired) electrons. The zero-order valence-electron chi connectivity index (χ0n) is 12.5. The second kappa shape index (κ2) is 8.11. The van der Waals surface area contributed by atoms with Crippen molar-refractivity contribution in [2.24, 2.45) is 5.92 Å². The van der Waals surface area contributed by atoms with Gasteiger partial charge in [0.25, 0.3) is 6.43 Å². The maximum absolute atomic E-state index is 12.5. The minimum atomic E-state index is -2.61. The molecule has 1 aliphatic rings. The van der Waals surface area contributed by atoms with E-state index in [-0.39, 0.29) is 31.0 Å². The van der Waals surface area contributed by atoms with Crippen molar-refractivity contribution in [3.63, 3.8) is 0 Å². The third kappa shape index (κ3) is 5.11. The van der Waals surface area contributed by atoms with Crippen molar-refractivity contribution in [2.45, 2.75) is 19.3 Å². The van der Waals surface area contributed by atoms with E-state index in [2.05, 4.69) is 0 Å². The molecule has 0 saturated carbocycles. The van der Waals surface area contributed by atoms with Crippen molar-refractivity contribution in [1.29, 1.82) is 0 Å². The molecule has 0 bridgehead atoms. The van der Waals surface area contributed by atoms with E-state index >= 15 is 0 Å². The summed E-state index contributed by atoms with van der Waals surface area (Å²) in [5, 5.41) is 8.88. The molecule has 1 fully saturated rings. The summed E-state index contributed by atoms with van der Waals surface area (Å²) in [6, 6.07) is -0.110. The zero-order chi connectivity index (χ0) is 16.0. The second-order valence-corrected chi connectivity index (χ2v) is 5.34.